The van der Waals surface area contributed by atoms with Crippen LogP contribution in [0.1, 0.15) is 37.8 Å². The summed E-state index contributed by atoms with van der Waals surface area (Å²) in [6.45, 7) is 2.83. The maximum Gasteiger partial charge on any atom is 0.294 e. The molecular formula is C15H17Cl2N3O. The van der Waals surface area contributed by atoms with Crippen LogP contribution in [-0.4, -0.2) is 9.36 Å². The zero-order valence-corrected chi connectivity index (χ0v) is 13.3. The van der Waals surface area contributed by atoms with Gasteiger partial charge in [-0.2, -0.15) is 0 Å². The Morgan fingerprint density at radius 2 is 2.00 bits per heavy atom. The van der Waals surface area contributed by atoms with Crippen molar-refractivity contribution in [3.63, 3.8) is 0 Å². The van der Waals surface area contributed by atoms with Gasteiger partial charge in [-0.05, 0) is 37.5 Å². The first-order chi connectivity index (χ1) is 10.0. The third kappa shape index (κ3) is 2.47. The van der Waals surface area contributed by atoms with Gasteiger partial charge in [0.2, 0.25) is 0 Å². The standard InChI is InChI=1S/C15H17Cl2N3O/c1-2-7-19-14(9-3-4-9)13(18)15(21)20(19)10-5-6-11(16)12(17)8-10/h5-6,8-9H,2-4,7,18H2,1H3. The van der Waals surface area contributed by atoms with Gasteiger partial charge < -0.3 is 5.73 Å². The van der Waals surface area contributed by atoms with Crippen molar-refractivity contribution in [3.8, 4) is 5.69 Å². The van der Waals surface area contributed by atoms with Gasteiger partial charge in [0.05, 0.1) is 21.4 Å². The third-order valence-electron chi connectivity index (χ3n) is 3.77. The van der Waals surface area contributed by atoms with E-state index in [4.69, 9.17) is 28.9 Å². The second kappa shape index (κ2) is 5.43. The van der Waals surface area contributed by atoms with Gasteiger partial charge in [-0.1, -0.05) is 30.1 Å². The van der Waals surface area contributed by atoms with Crippen LogP contribution in [0.25, 0.3) is 5.69 Å². The third-order valence-corrected chi connectivity index (χ3v) is 4.50. The van der Waals surface area contributed by atoms with E-state index in [1.165, 1.54) is 0 Å². The van der Waals surface area contributed by atoms with Crippen molar-refractivity contribution in [1.29, 1.82) is 0 Å². The summed E-state index contributed by atoms with van der Waals surface area (Å²) in [4.78, 5) is 12.6. The van der Waals surface area contributed by atoms with E-state index in [2.05, 4.69) is 6.92 Å². The van der Waals surface area contributed by atoms with Crippen molar-refractivity contribution >= 4 is 28.9 Å². The highest BCUT2D eigenvalue weighted by atomic mass is 35.5. The molecule has 1 aromatic heterocycles. The molecule has 0 saturated heterocycles. The maximum absolute atomic E-state index is 12.6. The summed E-state index contributed by atoms with van der Waals surface area (Å²) in [6, 6.07) is 5.19. The number of hydrogen-bond donors (Lipinski definition) is 1. The van der Waals surface area contributed by atoms with Crippen LogP contribution < -0.4 is 11.3 Å². The first-order valence-electron chi connectivity index (χ1n) is 7.11. The van der Waals surface area contributed by atoms with Gasteiger partial charge in [-0.25, -0.2) is 4.68 Å². The Kier molecular flexibility index (Phi) is 3.76. The fourth-order valence-electron chi connectivity index (χ4n) is 2.67. The van der Waals surface area contributed by atoms with Gasteiger partial charge in [0.15, 0.2) is 0 Å². The number of hydrogen-bond acceptors (Lipinski definition) is 2. The molecule has 1 aliphatic carbocycles. The van der Waals surface area contributed by atoms with Gasteiger partial charge in [0.1, 0.15) is 5.69 Å². The lowest BCUT2D eigenvalue weighted by Gasteiger charge is -2.14. The number of halogens is 2. The van der Waals surface area contributed by atoms with Gasteiger partial charge in [-0.15, -0.1) is 0 Å². The lowest BCUT2D eigenvalue weighted by atomic mass is 10.2. The van der Waals surface area contributed by atoms with Crippen molar-refractivity contribution < 1.29 is 0 Å². The molecule has 0 spiro atoms. The van der Waals surface area contributed by atoms with E-state index < -0.39 is 0 Å². The zero-order chi connectivity index (χ0) is 15.1. The van der Waals surface area contributed by atoms with Crippen molar-refractivity contribution in [2.75, 3.05) is 5.73 Å². The Hall–Kier alpha value is -1.39. The highest BCUT2D eigenvalue weighted by Gasteiger charge is 2.32. The van der Waals surface area contributed by atoms with Crippen molar-refractivity contribution in [3.05, 3.63) is 44.3 Å². The SMILES string of the molecule is CCCn1c(C2CC2)c(N)c(=O)n1-c1ccc(Cl)c(Cl)c1. The van der Waals surface area contributed by atoms with Gasteiger partial charge >= 0.3 is 0 Å². The maximum atomic E-state index is 12.6. The van der Waals surface area contributed by atoms with Crippen molar-refractivity contribution in [1.82, 2.24) is 9.36 Å². The van der Waals surface area contributed by atoms with Crippen LogP contribution >= 0.6 is 23.2 Å². The van der Waals surface area contributed by atoms with Crippen molar-refractivity contribution in [2.45, 2.75) is 38.6 Å². The van der Waals surface area contributed by atoms with E-state index in [1.54, 1.807) is 22.9 Å². The highest BCUT2D eigenvalue weighted by molar-refractivity contribution is 6.42. The largest absolute Gasteiger partial charge is 0.393 e. The minimum atomic E-state index is -0.177. The monoisotopic (exact) mass is 325 g/mol. The average molecular weight is 326 g/mol. The van der Waals surface area contributed by atoms with E-state index in [-0.39, 0.29) is 5.56 Å². The number of rotatable bonds is 4. The van der Waals surface area contributed by atoms with Crippen LogP contribution in [0.15, 0.2) is 23.0 Å². The number of nitrogens with two attached hydrogens (primary N) is 1. The lowest BCUT2D eigenvalue weighted by molar-refractivity contribution is 0.515. The smallest absolute Gasteiger partial charge is 0.294 e. The van der Waals surface area contributed by atoms with E-state index in [0.717, 1.165) is 31.5 Å². The molecule has 1 aliphatic rings. The van der Waals surface area contributed by atoms with Crippen LogP contribution in [0.5, 0.6) is 0 Å². The molecule has 2 N–H and O–H groups in total. The summed E-state index contributed by atoms with van der Waals surface area (Å²) >= 11 is 12.0. The summed E-state index contributed by atoms with van der Waals surface area (Å²) in [5, 5.41) is 0.898. The Bertz CT molecular complexity index is 744. The number of anilines is 1. The second-order valence-electron chi connectivity index (χ2n) is 5.41. The molecular weight excluding hydrogens is 309 g/mol. The molecule has 112 valence electrons. The molecule has 0 aliphatic heterocycles. The molecule has 0 amide bonds. The first-order valence-corrected chi connectivity index (χ1v) is 7.86. The molecule has 1 heterocycles. The normalized spacial score (nSPS) is 14.6. The minimum absolute atomic E-state index is 0.177. The highest BCUT2D eigenvalue weighted by Crippen LogP contribution is 2.42. The Balaban J connectivity index is 2.23. The average Bonchev–Trinajstić information content (AvgIpc) is 3.24. The second-order valence-corrected chi connectivity index (χ2v) is 6.23. The molecule has 1 fully saturated rings. The zero-order valence-electron chi connectivity index (χ0n) is 11.8. The minimum Gasteiger partial charge on any atom is -0.393 e. The fourth-order valence-corrected chi connectivity index (χ4v) is 2.97. The molecule has 6 heteroatoms. The number of nitrogens with zero attached hydrogens (tertiary/aromatic N) is 2. The molecule has 0 atom stereocenters. The number of aromatic nitrogens is 2. The van der Waals surface area contributed by atoms with E-state index in [0.29, 0.717) is 27.3 Å². The molecule has 1 aromatic carbocycles. The molecule has 0 bridgehead atoms. The van der Waals surface area contributed by atoms with Crippen LogP contribution in [0.2, 0.25) is 10.0 Å². The van der Waals surface area contributed by atoms with Gasteiger partial charge in [-0.3, -0.25) is 9.48 Å². The predicted molar refractivity (Wildman–Crippen MR) is 86.7 cm³/mol. The van der Waals surface area contributed by atoms with E-state index >= 15 is 0 Å². The summed E-state index contributed by atoms with van der Waals surface area (Å²) in [5.74, 6) is 0.410. The lowest BCUT2D eigenvalue weighted by Crippen LogP contribution is -2.22. The van der Waals surface area contributed by atoms with Gasteiger partial charge in [0.25, 0.3) is 5.56 Å². The summed E-state index contributed by atoms with van der Waals surface area (Å²) in [7, 11) is 0. The van der Waals surface area contributed by atoms with Crippen LogP contribution in [0.4, 0.5) is 5.69 Å². The molecule has 0 unspecified atom stereocenters. The summed E-state index contributed by atoms with van der Waals surface area (Å²) in [6.07, 6.45) is 3.12. The first kappa shape index (κ1) is 14.5. The number of benzene rings is 1. The summed E-state index contributed by atoms with van der Waals surface area (Å²) in [5.41, 5.74) is 7.91. The number of nitrogen functional groups attached to an aromatic ring is 1. The van der Waals surface area contributed by atoms with Crippen LogP contribution in [-0.2, 0) is 6.54 Å². The molecule has 0 radical (unpaired) electrons. The van der Waals surface area contributed by atoms with Crippen LogP contribution in [0, 0.1) is 0 Å². The molecule has 1 saturated carbocycles. The molecule has 21 heavy (non-hydrogen) atoms. The van der Waals surface area contributed by atoms with Gasteiger partial charge in [0, 0.05) is 12.5 Å². The Labute approximate surface area is 133 Å². The molecule has 4 nitrogen and oxygen atoms in total. The Morgan fingerprint density at radius 3 is 2.57 bits per heavy atom. The summed E-state index contributed by atoms with van der Waals surface area (Å²) < 4.78 is 3.61. The van der Waals surface area contributed by atoms with E-state index in [1.807, 2.05) is 4.68 Å². The quantitative estimate of drug-likeness (QED) is 0.929. The van der Waals surface area contributed by atoms with E-state index in [9.17, 15) is 4.79 Å². The molecule has 3 rings (SSSR count). The topological polar surface area (TPSA) is 52.9 Å². The predicted octanol–water partition coefficient (Wildman–Crippen LogP) is 3.82. The fraction of sp³-hybridized carbons (Fsp3) is 0.400. The van der Waals surface area contributed by atoms with Crippen molar-refractivity contribution in [2.24, 2.45) is 0 Å². The van der Waals surface area contributed by atoms with Crippen LogP contribution in [0.3, 0.4) is 0 Å². The molecule has 2 aromatic rings. The Morgan fingerprint density at radius 1 is 1.29 bits per heavy atom.